The van der Waals surface area contributed by atoms with Gasteiger partial charge in [0.1, 0.15) is 5.58 Å². The number of nitrogens with two attached hydrogens (primary N) is 1. The molecule has 3 rings (SSSR count). The zero-order chi connectivity index (χ0) is 15.9. The molecule has 0 saturated heterocycles. The topological polar surface area (TPSA) is 68.3 Å². The van der Waals surface area contributed by atoms with Crippen LogP contribution in [0.15, 0.2) is 40.8 Å². The number of amides is 1. The smallest absolute Gasteiger partial charge is 0.287 e. The van der Waals surface area contributed by atoms with Crippen LogP contribution in [0.25, 0.3) is 21.7 Å². The lowest BCUT2D eigenvalue weighted by Crippen LogP contribution is -2.45. The second-order valence-electron chi connectivity index (χ2n) is 6.39. The zero-order valence-corrected chi connectivity index (χ0v) is 14.3. The maximum atomic E-state index is 12.4. The van der Waals surface area contributed by atoms with Crippen molar-refractivity contribution >= 4 is 40.1 Å². The van der Waals surface area contributed by atoms with Gasteiger partial charge >= 0.3 is 0 Å². The highest BCUT2D eigenvalue weighted by atomic mass is 35.5. The fraction of sp³-hybridized carbons (Fsp3) is 0.278. The Morgan fingerprint density at radius 1 is 1.17 bits per heavy atom. The molecule has 1 heterocycles. The van der Waals surface area contributed by atoms with Crippen LogP contribution in [-0.4, -0.2) is 18.0 Å². The molecule has 23 heavy (non-hydrogen) atoms. The van der Waals surface area contributed by atoms with E-state index in [1.807, 2.05) is 57.2 Å². The molecule has 0 fully saturated rings. The van der Waals surface area contributed by atoms with Gasteiger partial charge in [-0.2, -0.15) is 0 Å². The number of halogens is 1. The summed E-state index contributed by atoms with van der Waals surface area (Å²) in [4.78, 5) is 12.4. The fourth-order valence-corrected chi connectivity index (χ4v) is 2.55. The van der Waals surface area contributed by atoms with Gasteiger partial charge in [0.05, 0.1) is 0 Å². The van der Waals surface area contributed by atoms with E-state index in [1.54, 1.807) is 0 Å². The fourth-order valence-electron chi connectivity index (χ4n) is 2.55. The molecule has 0 aliphatic rings. The van der Waals surface area contributed by atoms with E-state index in [2.05, 4.69) is 5.32 Å². The van der Waals surface area contributed by atoms with E-state index in [0.717, 1.165) is 27.3 Å². The second-order valence-corrected chi connectivity index (χ2v) is 6.39. The van der Waals surface area contributed by atoms with Gasteiger partial charge in [0.2, 0.25) is 0 Å². The number of hydrogen-bond donors (Lipinski definition) is 2. The van der Waals surface area contributed by atoms with Crippen LogP contribution in [0, 0.1) is 6.92 Å². The predicted molar refractivity (Wildman–Crippen MR) is 96.3 cm³/mol. The average molecular weight is 333 g/mol. The van der Waals surface area contributed by atoms with Gasteiger partial charge in [0.25, 0.3) is 5.91 Å². The molecular formula is C18H21ClN2O2. The molecule has 3 aromatic rings. The Kier molecular flexibility index (Phi) is 4.68. The number of carbonyl (C=O) groups is 1. The number of fused-ring (bicyclic) bond motifs is 3. The Morgan fingerprint density at radius 2 is 1.87 bits per heavy atom. The Labute approximate surface area is 141 Å². The Hall–Kier alpha value is -2.04. The van der Waals surface area contributed by atoms with Crippen LogP contribution in [0.4, 0.5) is 0 Å². The normalized spacial score (nSPS) is 11.5. The summed E-state index contributed by atoms with van der Waals surface area (Å²) in [6.07, 6.45) is 0. The van der Waals surface area contributed by atoms with Crippen molar-refractivity contribution in [1.29, 1.82) is 0 Å². The van der Waals surface area contributed by atoms with Gasteiger partial charge in [-0.15, -0.1) is 12.4 Å². The van der Waals surface area contributed by atoms with Gasteiger partial charge in [-0.3, -0.25) is 4.79 Å². The first-order valence-corrected chi connectivity index (χ1v) is 7.35. The zero-order valence-electron chi connectivity index (χ0n) is 13.5. The number of hydrogen-bond acceptors (Lipinski definition) is 3. The quantitative estimate of drug-likeness (QED) is 0.766. The standard InChI is InChI=1S/C18H20N2O2.ClH/c1-11-13-9-8-12-6-4-5-7-14(12)16(13)22-15(11)17(21)20-10-18(2,3)19;/h4-9H,10,19H2,1-3H3,(H,20,21);1H. The lowest BCUT2D eigenvalue weighted by Gasteiger charge is -2.18. The summed E-state index contributed by atoms with van der Waals surface area (Å²) in [5.41, 5.74) is 7.06. The predicted octanol–water partition coefficient (Wildman–Crippen LogP) is 3.78. The molecule has 5 heteroatoms. The highest BCUT2D eigenvalue weighted by molar-refractivity contribution is 6.08. The third-order valence-electron chi connectivity index (χ3n) is 3.74. The van der Waals surface area contributed by atoms with Crippen molar-refractivity contribution in [1.82, 2.24) is 5.32 Å². The first kappa shape index (κ1) is 17.3. The van der Waals surface area contributed by atoms with Gasteiger partial charge in [0.15, 0.2) is 5.76 Å². The molecule has 3 N–H and O–H groups in total. The molecule has 0 bridgehead atoms. The number of rotatable bonds is 3. The third kappa shape index (κ3) is 3.33. The van der Waals surface area contributed by atoms with Crippen LogP contribution < -0.4 is 11.1 Å². The molecule has 0 aliphatic carbocycles. The van der Waals surface area contributed by atoms with Crippen molar-refractivity contribution in [3.05, 3.63) is 47.7 Å². The average Bonchev–Trinajstić information content (AvgIpc) is 2.82. The molecule has 122 valence electrons. The highest BCUT2D eigenvalue weighted by Gasteiger charge is 2.20. The SMILES string of the molecule is Cc1c(C(=O)NCC(C)(C)N)oc2c1ccc1ccccc12.Cl. The van der Waals surface area contributed by atoms with E-state index in [1.165, 1.54) is 0 Å². The molecule has 2 aromatic carbocycles. The molecule has 4 nitrogen and oxygen atoms in total. The second kappa shape index (κ2) is 6.22. The van der Waals surface area contributed by atoms with Crippen LogP contribution in [0.1, 0.15) is 30.0 Å². The highest BCUT2D eigenvalue weighted by Crippen LogP contribution is 2.31. The molecule has 0 unspecified atom stereocenters. The maximum Gasteiger partial charge on any atom is 0.287 e. The van der Waals surface area contributed by atoms with Gasteiger partial charge in [0, 0.05) is 28.4 Å². The van der Waals surface area contributed by atoms with E-state index in [9.17, 15) is 4.79 Å². The van der Waals surface area contributed by atoms with Crippen molar-refractivity contribution in [2.75, 3.05) is 6.54 Å². The summed E-state index contributed by atoms with van der Waals surface area (Å²) in [6, 6.07) is 12.0. The molecule has 1 aromatic heterocycles. The van der Waals surface area contributed by atoms with Crippen molar-refractivity contribution in [3.63, 3.8) is 0 Å². The number of aryl methyl sites for hydroxylation is 1. The summed E-state index contributed by atoms with van der Waals surface area (Å²) in [6.45, 7) is 6.03. The third-order valence-corrected chi connectivity index (χ3v) is 3.74. The maximum absolute atomic E-state index is 12.4. The van der Waals surface area contributed by atoms with E-state index < -0.39 is 5.54 Å². The summed E-state index contributed by atoms with van der Waals surface area (Å²) in [5, 5.41) is 5.91. The minimum absolute atomic E-state index is 0. The molecule has 0 atom stereocenters. The lowest BCUT2D eigenvalue weighted by molar-refractivity contribution is 0.0919. The number of nitrogens with one attached hydrogen (secondary N) is 1. The first-order valence-electron chi connectivity index (χ1n) is 7.35. The Bertz CT molecular complexity index is 862. The van der Waals surface area contributed by atoms with E-state index in [0.29, 0.717) is 12.3 Å². The van der Waals surface area contributed by atoms with E-state index >= 15 is 0 Å². The first-order chi connectivity index (χ1) is 10.4. The molecule has 0 aliphatic heterocycles. The van der Waals surface area contributed by atoms with Crippen molar-refractivity contribution in [3.8, 4) is 0 Å². The van der Waals surface area contributed by atoms with Crippen LogP contribution in [0.5, 0.6) is 0 Å². The number of furan rings is 1. The summed E-state index contributed by atoms with van der Waals surface area (Å²) < 4.78 is 5.89. The minimum atomic E-state index is -0.456. The largest absolute Gasteiger partial charge is 0.450 e. The summed E-state index contributed by atoms with van der Waals surface area (Å²) >= 11 is 0. The lowest BCUT2D eigenvalue weighted by atomic mass is 10.1. The van der Waals surface area contributed by atoms with Crippen molar-refractivity contribution in [2.45, 2.75) is 26.3 Å². The molecule has 0 radical (unpaired) electrons. The van der Waals surface area contributed by atoms with Crippen LogP contribution in [0.3, 0.4) is 0 Å². The molecular weight excluding hydrogens is 312 g/mol. The summed E-state index contributed by atoms with van der Waals surface area (Å²) in [7, 11) is 0. The monoisotopic (exact) mass is 332 g/mol. The molecule has 0 saturated carbocycles. The number of benzene rings is 2. The Morgan fingerprint density at radius 3 is 2.57 bits per heavy atom. The minimum Gasteiger partial charge on any atom is -0.450 e. The van der Waals surface area contributed by atoms with E-state index in [-0.39, 0.29) is 18.3 Å². The van der Waals surface area contributed by atoms with Crippen LogP contribution in [-0.2, 0) is 0 Å². The van der Waals surface area contributed by atoms with Crippen LogP contribution >= 0.6 is 12.4 Å². The van der Waals surface area contributed by atoms with Gasteiger partial charge in [-0.25, -0.2) is 0 Å². The molecule has 0 spiro atoms. The van der Waals surface area contributed by atoms with Crippen molar-refractivity contribution < 1.29 is 9.21 Å². The van der Waals surface area contributed by atoms with Crippen LogP contribution in [0.2, 0.25) is 0 Å². The Balaban J connectivity index is 0.00000192. The number of carbonyl (C=O) groups excluding carboxylic acids is 1. The summed E-state index contributed by atoms with van der Waals surface area (Å²) in [5.74, 6) is 0.131. The van der Waals surface area contributed by atoms with E-state index in [4.69, 9.17) is 10.2 Å². The van der Waals surface area contributed by atoms with Crippen molar-refractivity contribution in [2.24, 2.45) is 5.73 Å². The molecule has 1 amide bonds. The van der Waals surface area contributed by atoms with Gasteiger partial charge in [-0.05, 0) is 26.2 Å². The van der Waals surface area contributed by atoms with Gasteiger partial charge in [-0.1, -0.05) is 36.4 Å². The van der Waals surface area contributed by atoms with Gasteiger partial charge < -0.3 is 15.5 Å².